The molecule has 0 radical (unpaired) electrons. The van der Waals surface area contributed by atoms with E-state index in [1.54, 1.807) is 24.3 Å². The van der Waals surface area contributed by atoms with E-state index < -0.39 is 28.4 Å². The SMILES string of the molecule is CC[NH+](CC)CCN1C(=O)C(=O)/C(=C(/[O-])c2ccc(C)cc2)C1c1ccc([N+](=O)[O-])cc1. The zero-order valence-electron chi connectivity index (χ0n) is 18.5. The highest BCUT2D eigenvalue weighted by atomic mass is 16.6. The summed E-state index contributed by atoms with van der Waals surface area (Å²) in [6.45, 7) is 8.64. The first-order valence-corrected chi connectivity index (χ1v) is 10.7. The Labute approximate surface area is 186 Å². The van der Waals surface area contributed by atoms with Gasteiger partial charge in [0.25, 0.3) is 11.6 Å². The first-order chi connectivity index (χ1) is 15.3. The summed E-state index contributed by atoms with van der Waals surface area (Å²) in [5.74, 6) is -2.02. The number of rotatable bonds is 8. The van der Waals surface area contributed by atoms with Gasteiger partial charge in [0.1, 0.15) is 0 Å². The van der Waals surface area contributed by atoms with Crippen molar-refractivity contribution in [1.82, 2.24) is 4.90 Å². The number of nitrogens with zero attached hydrogens (tertiary/aromatic N) is 2. The number of hydrogen-bond acceptors (Lipinski definition) is 5. The summed E-state index contributed by atoms with van der Waals surface area (Å²) in [5, 5.41) is 24.4. The first-order valence-electron chi connectivity index (χ1n) is 10.7. The molecule has 0 spiro atoms. The van der Waals surface area contributed by atoms with Crippen molar-refractivity contribution in [3.05, 3.63) is 80.9 Å². The predicted octanol–water partition coefficient (Wildman–Crippen LogP) is 1.05. The minimum Gasteiger partial charge on any atom is -0.872 e. The predicted molar refractivity (Wildman–Crippen MR) is 118 cm³/mol. The number of carbonyl (C=O) groups excluding carboxylic acids is 2. The molecular formula is C24H27N3O5. The summed E-state index contributed by atoms with van der Waals surface area (Å²) in [4.78, 5) is 39.1. The summed E-state index contributed by atoms with van der Waals surface area (Å²) in [5.41, 5.74) is 1.59. The quantitative estimate of drug-likeness (QED) is 0.218. The summed E-state index contributed by atoms with van der Waals surface area (Å²) in [6, 6.07) is 11.6. The van der Waals surface area contributed by atoms with Crippen molar-refractivity contribution in [3.63, 3.8) is 0 Å². The fraction of sp³-hybridized carbons (Fsp3) is 0.333. The third-order valence-electron chi connectivity index (χ3n) is 5.97. The van der Waals surface area contributed by atoms with Gasteiger partial charge in [-0.1, -0.05) is 35.6 Å². The van der Waals surface area contributed by atoms with Gasteiger partial charge in [-0.2, -0.15) is 0 Å². The van der Waals surface area contributed by atoms with E-state index in [0.717, 1.165) is 18.7 Å². The third-order valence-corrected chi connectivity index (χ3v) is 5.97. The number of benzene rings is 2. The third kappa shape index (κ3) is 4.55. The van der Waals surface area contributed by atoms with Gasteiger partial charge in [-0.3, -0.25) is 19.7 Å². The van der Waals surface area contributed by atoms with Crippen LogP contribution in [0.2, 0.25) is 0 Å². The fourth-order valence-corrected chi connectivity index (χ4v) is 3.97. The maximum absolute atomic E-state index is 13.3. The van der Waals surface area contributed by atoms with Crippen LogP contribution in [-0.4, -0.2) is 47.7 Å². The van der Waals surface area contributed by atoms with Gasteiger partial charge in [0.2, 0.25) is 5.78 Å². The van der Waals surface area contributed by atoms with E-state index in [0.29, 0.717) is 24.2 Å². The maximum Gasteiger partial charge on any atom is 0.295 e. The lowest BCUT2D eigenvalue weighted by Crippen LogP contribution is -3.12. The van der Waals surface area contributed by atoms with Crippen LogP contribution in [0, 0.1) is 17.0 Å². The standard InChI is InChI=1S/C24H27N3O5/c1-4-25(5-2)14-15-26-21(17-10-12-19(13-11-17)27(31)32)20(23(29)24(26)30)22(28)18-8-6-16(3)7-9-18/h6-13,21,28H,4-5,14-15H2,1-3H3/b22-20+. The van der Waals surface area contributed by atoms with Crippen molar-refractivity contribution in [2.75, 3.05) is 26.2 Å². The molecule has 1 aliphatic rings. The van der Waals surface area contributed by atoms with Crippen LogP contribution in [0.15, 0.2) is 54.1 Å². The van der Waals surface area contributed by atoms with Gasteiger partial charge in [-0.25, -0.2) is 0 Å². The second kappa shape index (κ2) is 9.74. The van der Waals surface area contributed by atoms with E-state index >= 15 is 0 Å². The molecule has 8 heteroatoms. The number of likely N-dealkylation sites (N-methyl/N-ethyl adjacent to an activating group) is 1. The number of aryl methyl sites for hydroxylation is 1. The number of nitro benzene ring substituents is 1. The molecule has 1 fully saturated rings. The van der Waals surface area contributed by atoms with Gasteiger partial charge in [0.05, 0.1) is 37.1 Å². The second-order valence-electron chi connectivity index (χ2n) is 7.89. The molecule has 1 aliphatic heterocycles. The summed E-state index contributed by atoms with van der Waals surface area (Å²) >= 11 is 0. The van der Waals surface area contributed by atoms with Crippen LogP contribution in [0.25, 0.3) is 5.76 Å². The molecule has 1 unspecified atom stereocenters. The molecular weight excluding hydrogens is 410 g/mol. The number of ketones is 1. The Hall–Kier alpha value is -3.52. The number of Topliss-reactive ketones (excluding diaryl/α,β-unsaturated/α-hetero) is 1. The number of non-ortho nitro benzene ring substituents is 1. The lowest BCUT2D eigenvalue weighted by Gasteiger charge is -2.28. The average Bonchev–Trinajstić information content (AvgIpc) is 3.04. The molecule has 8 nitrogen and oxygen atoms in total. The van der Waals surface area contributed by atoms with E-state index in [-0.39, 0.29) is 11.3 Å². The van der Waals surface area contributed by atoms with Crippen molar-refractivity contribution >= 4 is 23.1 Å². The first kappa shape index (κ1) is 23.1. The maximum atomic E-state index is 13.3. The Morgan fingerprint density at radius 2 is 1.62 bits per heavy atom. The number of likely N-dealkylation sites (tertiary alicyclic amines) is 1. The monoisotopic (exact) mass is 437 g/mol. The van der Waals surface area contributed by atoms with Crippen molar-refractivity contribution in [2.45, 2.75) is 26.8 Å². The number of nitrogens with one attached hydrogen (secondary N) is 1. The normalized spacial score (nSPS) is 17.9. The van der Waals surface area contributed by atoms with Gasteiger partial charge in [-0.15, -0.1) is 0 Å². The zero-order valence-corrected chi connectivity index (χ0v) is 18.5. The Morgan fingerprint density at radius 1 is 1.03 bits per heavy atom. The number of hydrogen-bond donors (Lipinski definition) is 1. The minimum atomic E-state index is -0.875. The molecule has 3 rings (SSSR count). The van der Waals surface area contributed by atoms with E-state index in [1.165, 1.54) is 34.1 Å². The van der Waals surface area contributed by atoms with Crippen molar-refractivity contribution < 1.29 is 24.5 Å². The van der Waals surface area contributed by atoms with E-state index in [1.807, 2.05) is 20.8 Å². The molecule has 1 atom stereocenters. The number of carbonyl (C=O) groups is 2. The molecule has 1 heterocycles. The van der Waals surface area contributed by atoms with Crippen molar-refractivity contribution in [2.24, 2.45) is 0 Å². The minimum absolute atomic E-state index is 0.102. The topological polar surface area (TPSA) is 108 Å². The Balaban J connectivity index is 2.10. The smallest absolute Gasteiger partial charge is 0.295 e. The Kier molecular flexibility index (Phi) is 7.05. The van der Waals surface area contributed by atoms with Crippen molar-refractivity contribution in [1.29, 1.82) is 0 Å². The molecule has 2 aromatic carbocycles. The molecule has 0 bridgehead atoms. The molecule has 32 heavy (non-hydrogen) atoms. The van der Waals surface area contributed by atoms with Crippen LogP contribution < -0.4 is 10.0 Å². The summed E-state index contributed by atoms with van der Waals surface area (Å²) in [7, 11) is 0. The zero-order chi connectivity index (χ0) is 23.4. The molecule has 0 saturated carbocycles. The van der Waals surface area contributed by atoms with E-state index in [2.05, 4.69) is 0 Å². The van der Waals surface area contributed by atoms with Crippen LogP contribution in [0.1, 0.15) is 36.6 Å². The molecule has 168 valence electrons. The second-order valence-corrected chi connectivity index (χ2v) is 7.89. The lowest BCUT2D eigenvalue weighted by molar-refractivity contribution is -0.895. The average molecular weight is 437 g/mol. The number of amides is 1. The highest BCUT2D eigenvalue weighted by Gasteiger charge is 2.44. The van der Waals surface area contributed by atoms with Gasteiger partial charge >= 0.3 is 0 Å². The van der Waals surface area contributed by atoms with Gasteiger partial charge in [-0.05, 0) is 44.0 Å². The van der Waals surface area contributed by atoms with E-state index in [4.69, 9.17) is 0 Å². The molecule has 2 aromatic rings. The van der Waals surface area contributed by atoms with Gasteiger partial charge < -0.3 is 14.9 Å². The highest BCUT2D eigenvalue weighted by Crippen LogP contribution is 2.38. The van der Waals surface area contributed by atoms with Crippen LogP contribution in [-0.2, 0) is 9.59 Å². The van der Waals surface area contributed by atoms with Crippen LogP contribution >= 0.6 is 0 Å². The van der Waals surface area contributed by atoms with Crippen LogP contribution in [0.4, 0.5) is 5.69 Å². The Bertz CT molecular complexity index is 1040. The van der Waals surface area contributed by atoms with Gasteiger partial charge in [0, 0.05) is 17.7 Å². The highest BCUT2D eigenvalue weighted by molar-refractivity contribution is 6.46. The number of nitro groups is 1. The molecule has 1 N–H and O–H groups in total. The fourth-order valence-electron chi connectivity index (χ4n) is 3.97. The Morgan fingerprint density at radius 3 is 2.16 bits per heavy atom. The molecule has 0 aliphatic carbocycles. The largest absolute Gasteiger partial charge is 0.872 e. The van der Waals surface area contributed by atoms with Crippen molar-refractivity contribution in [3.8, 4) is 0 Å². The molecule has 1 amide bonds. The van der Waals surface area contributed by atoms with Crippen LogP contribution in [0.5, 0.6) is 0 Å². The number of quaternary nitrogens is 1. The summed E-state index contributed by atoms with van der Waals surface area (Å²) < 4.78 is 0. The molecule has 1 saturated heterocycles. The summed E-state index contributed by atoms with van der Waals surface area (Å²) in [6.07, 6.45) is 0. The van der Waals surface area contributed by atoms with Gasteiger partial charge in [0.15, 0.2) is 0 Å². The van der Waals surface area contributed by atoms with E-state index in [9.17, 15) is 24.8 Å². The van der Waals surface area contributed by atoms with Crippen LogP contribution in [0.3, 0.4) is 0 Å². The molecule has 0 aromatic heterocycles. The lowest BCUT2D eigenvalue weighted by atomic mass is 9.95.